The number of carbonyl (C=O) groups excluding carboxylic acids is 2. The Kier molecular flexibility index (Phi) is 7.72. The number of rotatable bonds is 6. The molecule has 0 radical (unpaired) electrons. The number of amides is 1. The summed E-state index contributed by atoms with van der Waals surface area (Å²) >= 11 is 14.8. The largest absolute Gasteiger partial charge is 0.384 e. The number of ketones is 1. The van der Waals surface area contributed by atoms with Crippen molar-refractivity contribution in [2.45, 2.75) is 29.5 Å². The molecular formula is C26H20Cl2N6O2S2. The first kappa shape index (κ1) is 26.3. The van der Waals surface area contributed by atoms with Crippen LogP contribution >= 0.6 is 46.3 Å². The standard InChI is InChI=1S/C26H20Cl2N6O2S2/c27-15-6-3-5-14(11-15)22-16(12-29)24(30)34(19-9-4-10-20(35)23(19)22)25-32-33-26(38-25)37-13-21(36)31-18-8-2-1-7-17(18)28/h1-3,5-8,11,22H,4,9-10,13,30H2,(H,31,36). The fourth-order valence-corrected chi connectivity index (χ4v) is 6.61. The van der Waals surface area contributed by atoms with Gasteiger partial charge >= 0.3 is 0 Å². The minimum atomic E-state index is -0.604. The molecule has 8 nitrogen and oxygen atoms in total. The topological polar surface area (TPSA) is 125 Å². The molecule has 38 heavy (non-hydrogen) atoms. The SMILES string of the molecule is N#CC1=C(N)N(c2nnc(SCC(=O)Nc3ccccc3Cl)s2)C2=C(C(=O)CCC2)C1c1cccc(Cl)c1. The lowest BCUT2D eigenvalue weighted by Gasteiger charge is -2.38. The highest BCUT2D eigenvalue weighted by atomic mass is 35.5. The Hall–Kier alpha value is -3.36. The zero-order valence-corrected chi connectivity index (χ0v) is 22.9. The van der Waals surface area contributed by atoms with Crippen LogP contribution in [0.2, 0.25) is 10.0 Å². The van der Waals surface area contributed by atoms with E-state index in [2.05, 4.69) is 21.6 Å². The first-order chi connectivity index (χ1) is 18.4. The van der Waals surface area contributed by atoms with Gasteiger partial charge in [-0.3, -0.25) is 14.5 Å². The third-order valence-electron chi connectivity index (χ3n) is 6.16. The van der Waals surface area contributed by atoms with Crippen LogP contribution in [0, 0.1) is 11.3 Å². The number of benzene rings is 2. The van der Waals surface area contributed by atoms with Crippen molar-refractivity contribution in [2.24, 2.45) is 5.73 Å². The van der Waals surface area contributed by atoms with E-state index in [0.29, 0.717) is 55.7 Å². The van der Waals surface area contributed by atoms with E-state index in [1.165, 1.54) is 23.1 Å². The molecule has 0 saturated heterocycles. The molecule has 1 aliphatic carbocycles. The highest BCUT2D eigenvalue weighted by molar-refractivity contribution is 8.01. The van der Waals surface area contributed by atoms with Crippen LogP contribution < -0.4 is 16.0 Å². The predicted octanol–water partition coefficient (Wildman–Crippen LogP) is 5.88. The minimum Gasteiger partial charge on any atom is -0.384 e. The maximum absolute atomic E-state index is 13.2. The van der Waals surface area contributed by atoms with E-state index in [1.54, 1.807) is 47.4 Å². The van der Waals surface area contributed by atoms with Crippen molar-refractivity contribution in [3.05, 3.63) is 86.8 Å². The van der Waals surface area contributed by atoms with Gasteiger partial charge in [-0.1, -0.05) is 70.6 Å². The second kappa shape index (κ2) is 11.2. The van der Waals surface area contributed by atoms with E-state index < -0.39 is 5.92 Å². The van der Waals surface area contributed by atoms with E-state index in [0.717, 1.165) is 5.56 Å². The van der Waals surface area contributed by atoms with Crippen molar-refractivity contribution in [1.29, 1.82) is 5.26 Å². The van der Waals surface area contributed by atoms with Gasteiger partial charge in [-0.05, 0) is 42.7 Å². The van der Waals surface area contributed by atoms with Crippen LogP contribution in [0.1, 0.15) is 30.7 Å². The van der Waals surface area contributed by atoms with Gasteiger partial charge < -0.3 is 11.1 Å². The average Bonchev–Trinajstić information content (AvgIpc) is 3.37. The molecule has 3 N–H and O–H groups in total. The Morgan fingerprint density at radius 1 is 1.21 bits per heavy atom. The Labute approximate surface area is 237 Å². The Morgan fingerprint density at radius 3 is 2.79 bits per heavy atom. The van der Waals surface area contributed by atoms with E-state index >= 15 is 0 Å². The lowest BCUT2D eigenvalue weighted by molar-refractivity contribution is -0.116. The fraction of sp³-hybridized carbons (Fsp3) is 0.192. The van der Waals surface area contributed by atoms with Crippen molar-refractivity contribution in [3.8, 4) is 6.07 Å². The monoisotopic (exact) mass is 582 g/mol. The number of allylic oxidation sites excluding steroid dienone is 3. The second-order valence-corrected chi connectivity index (χ2v) is 11.6. The van der Waals surface area contributed by atoms with Crippen molar-refractivity contribution in [2.75, 3.05) is 16.0 Å². The number of thioether (sulfide) groups is 1. The summed E-state index contributed by atoms with van der Waals surface area (Å²) in [5, 5.41) is 22.8. The molecule has 1 amide bonds. The van der Waals surface area contributed by atoms with Crippen molar-refractivity contribution in [1.82, 2.24) is 10.2 Å². The molecule has 1 aromatic heterocycles. The predicted molar refractivity (Wildman–Crippen MR) is 150 cm³/mol. The van der Waals surface area contributed by atoms with Crippen molar-refractivity contribution < 1.29 is 9.59 Å². The highest BCUT2D eigenvalue weighted by Crippen LogP contribution is 2.47. The smallest absolute Gasteiger partial charge is 0.234 e. The number of nitrogens with zero attached hydrogens (tertiary/aromatic N) is 4. The summed E-state index contributed by atoms with van der Waals surface area (Å²) in [6, 6.07) is 16.3. The molecule has 1 unspecified atom stereocenters. The quantitative estimate of drug-likeness (QED) is 0.345. The van der Waals surface area contributed by atoms with Crippen LogP contribution in [0.15, 0.2) is 75.5 Å². The van der Waals surface area contributed by atoms with Gasteiger partial charge in [-0.25, -0.2) is 0 Å². The van der Waals surface area contributed by atoms with Gasteiger partial charge in [0.1, 0.15) is 5.82 Å². The highest BCUT2D eigenvalue weighted by Gasteiger charge is 2.41. The normalized spacial score (nSPS) is 17.3. The molecular weight excluding hydrogens is 563 g/mol. The number of hydrogen-bond donors (Lipinski definition) is 2. The zero-order chi connectivity index (χ0) is 26.8. The molecule has 0 saturated carbocycles. The number of halogens is 2. The number of nitrogens with two attached hydrogens (primary N) is 1. The Balaban J connectivity index is 1.43. The van der Waals surface area contributed by atoms with E-state index in [4.69, 9.17) is 28.9 Å². The zero-order valence-electron chi connectivity index (χ0n) is 19.8. The molecule has 0 spiro atoms. The summed E-state index contributed by atoms with van der Waals surface area (Å²) in [7, 11) is 0. The van der Waals surface area contributed by atoms with E-state index in [1.807, 2.05) is 6.07 Å². The number of aromatic nitrogens is 2. The van der Waals surface area contributed by atoms with Gasteiger partial charge in [0.05, 0.1) is 34.0 Å². The second-order valence-electron chi connectivity index (χ2n) is 8.54. The third kappa shape index (κ3) is 5.15. The van der Waals surface area contributed by atoms with Crippen LogP contribution in [0.5, 0.6) is 0 Å². The van der Waals surface area contributed by atoms with Crippen LogP contribution in [-0.4, -0.2) is 27.6 Å². The first-order valence-electron chi connectivity index (χ1n) is 11.6. The van der Waals surface area contributed by atoms with Gasteiger partial charge in [0, 0.05) is 22.7 Å². The molecule has 12 heteroatoms. The minimum absolute atomic E-state index is 0.0307. The lowest BCUT2D eigenvalue weighted by atomic mass is 9.76. The number of nitrogens with one attached hydrogen (secondary N) is 1. The lowest BCUT2D eigenvalue weighted by Crippen LogP contribution is -2.38. The first-order valence-corrected chi connectivity index (χ1v) is 14.2. The summed E-state index contributed by atoms with van der Waals surface area (Å²) < 4.78 is 0.543. The molecule has 5 rings (SSSR count). The van der Waals surface area contributed by atoms with Gasteiger partial charge in [-0.2, -0.15) is 5.26 Å². The van der Waals surface area contributed by atoms with E-state index in [-0.39, 0.29) is 28.8 Å². The average molecular weight is 584 g/mol. The summed E-state index contributed by atoms with van der Waals surface area (Å²) in [5.41, 5.74) is 9.34. The molecule has 0 fully saturated rings. The van der Waals surface area contributed by atoms with Gasteiger partial charge in [0.15, 0.2) is 10.1 Å². The van der Waals surface area contributed by atoms with Crippen molar-refractivity contribution in [3.63, 3.8) is 0 Å². The molecule has 0 bridgehead atoms. The maximum Gasteiger partial charge on any atom is 0.234 e. The Bertz CT molecular complexity index is 1540. The van der Waals surface area contributed by atoms with Crippen LogP contribution in [0.25, 0.3) is 0 Å². The molecule has 192 valence electrons. The van der Waals surface area contributed by atoms with Gasteiger partial charge in [-0.15, -0.1) is 10.2 Å². The van der Waals surface area contributed by atoms with Crippen LogP contribution in [0.3, 0.4) is 0 Å². The fourth-order valence-electron chi connectivity index (χ4n) is 4.55. The summed E-state index contributed by atoms with van der Waals surface area (Å²) in [6.07, 6.45) is 1.65. The third-order valence-corrected chi connectivity index (χ3v) is 8.76. The molecule has 3 aromatic rings. The summed E-state index contributed by atoms with van der Waals surface area (Å²) in [5.74, 6) is -0.575. The molecule has 2 heterocycles. The number of nitriles is 1. The molecule has 1 atom stereocenters. The van der Waals surface area contributed by atoms with Gasteiger partial charge in [0.2, 0.25) is 11.0 Å². The Morgan fingerprint density at radius 2 is 2.03 bits per heavy atom. The van der Waals surface area contributed by atoms with Crippen molar-refractivity contribution >= 4 is 68.8 Å². The summed E-state index contributed by atoms with van der Waals surface area (Å²) in [6.45, 7) is 0. The molecule has 1 aliphatic heterocycles. The number of Topliss-reactive ketones (excluding diaryl/α,β-unsaturated/α-hetero) is 1. The molecule has 2 aromatic carbocycles. The van der Waals surface area contributed by atoms with Crippen LogP contribution in [-0.2, 0) is 9.59 Å². The number of para-hydroxylation sites is 1. The number of hydrogen-bond acceptors (Lipinski definition) is 9. The van der Waals surface area contributed by atoms with Gasteiger partial charge in [0.25, 0.3) is 0 Å². The summed E-state index contributed by atoms with van der Waals surface area (Å²) in [4.78, 5) is 27.3. The van der Waals surface area contributed by atoms with E-state index in [9.17, 15) is 14.9 Å². The number of carbonyl (C=O) groups is 2. The number of anilines is 2. The molecule has 2 aliphatic rings. The van der Waals surface area contributed by atoms with Crippen LogP contribution in [0.4, 0.5) is 10.8 Å². The maximum atomic E-state index is 13.2.